The van der Waals surface area contributed by atoms with E-state index < -0.39 is 5.41 Å². The van der Waals surface area contributed by atoms with E-state index in [1.165, 1.54) is 6.34 Å². The van der Waals surface area contributed by atoms with Gasteiger partial charge in [-0.1, -0.05) is 31.1 Å². The first-order chi connectivity index (χ1) is 12.0. The fourth-order valence-corrected chi connectivity index (χ4v) is 3.06. The Labute approximate surface area is 149 Å². The predicted octanol–water partition coefficient (Wildman–Crippen LogP) is 2.31. The second kappa shape index (κ2) is 7.71. The number of amides is 1. The average Bonchev–Trinajstić information content (AvgIpc) is 2.62. The Morgan fingerprint density at radius 2 is 2.12 bits per heavy atom. The number of hydrogen-bond acceptors (Lipinski definition) is 3. The molecule has 0 aromatic heterocycles. The van der Waals surface area contributed by atoms with Crippen molar-refractivity contribution in [1.82, 2.24) is 5.32 Å². The molecule has 1 unspecified atom stereocenters. The van der Waals surface area contributed by atoms with E-state index in [9.17, 15) is 4.79 Å². The van der Waals surface area contributed by atoms with Crippen LogP contribution in [0, 0.1) is 12.3 Å². The van der Waals surface area contributed by atoms with Crippen molar-refractivity contribution < 1.29 is 4.79 Å². The number of nitrogens with two attached hydrogens (primary N) is 1. The number of piperidine rings is 1. The number of benzene rings is 1. The maximum Gasteiger partial charge on any atom is 0.251 e. The molecule has 2 rings (SSSR count). The Hall–Kier alpha value is -3.00. The number of anilines is 1. The first-order valence-corrected chi connectivity index (χ1v) is 8.22. The summed E-state index contributed by atoms with van der Waals surface area (Å²) in [6, 6.07) is 8.01. The standard InChI is InChI=1S/C20H24N4O/c1-5-7-17-18(8-6-2)20(3,13-22-19(17)25)15-9-11-16(12-10-15)24(4)23-14-21/h2,7-12,14H,5,13H2,1,3-4H3,(H2,21,23)(H,22,25)/b17-7+,18-8+. The van der Waals surface area contributed by atoms with Gasteiger partial charge in [0, 0.05) is 24.6 Å². The molecule has 3 N–H and O–H groups in total. The van der Waals surface area contributed by atoms with Crippen LogP contribution in [0.5, 0.6) is 0 Å². The molecule has 0 saturated carbocycles. The zero-order valence-electron chi connectivity index (χ0n) is 14.9. The van der Waals surface area contributed by atoms with E-state index in [2.05, 4.69) is 23.3 Å². The van der Waals surface area contributed by atoms with Crippen molar-refractivity contribution >= 4 is 17.9 Å². The number of hydrazone groups is 1. The van der Waals surface area contributed by atoms with Crippen LogP contribution in [-0.2, 0) is 10.2 Å². The van der Waals surface area contributed by atoms with Crippen molar-refractivity contribution in [2.45, 2.75) is 25.7 Å². The Morgan fingerprint density at radius 1 is 1.44 bits per heavy atom. The summed E-state index contributed by atoms with van der Waals surface area (Å²) in [7, 11) is 1.83. The van der Waals surface area contributed by atoms with Gasteiger partial charge in [0.15, 0.2) is 0 Å². The molecule has 0 bridgehead atoms. The fraction of sp³-hybridized carbons (Fsp3) is 0.300. The minimum Gasteiger partial charge on any atom is -0.388 e. The number of terminal acetylenes is 1. The number of rotatable bonds is 4. The van der Waals surface area contributed by atoms with Crippen molar-refractivity contribution in [3.05, 3.63) is 53.1 Å². The van der Waals surface area contributed by atoms with Gasteiger partial charge in [-0.15, -0.1) is 6.42 Å². The van der Waals surface area contributed by atoms with Gasteiger partial charge >= 0.3 is 0 Å². The highest BCUT2D eigenvalue weighted by atomic mass is 16.1. The maximum absolute atomic E-state index is 12.3. The third-order valence-electron chi connectivity index (χ3n) is 4.49. The Bertz CT molecular complexity index is 768. The molecule has 1 aromatic carbocycles. The number of hydrogen-bond donors (Lipinski definition) is 2. The molecule has 1 aliphatic heterocycles. The molecule has 1 amide bonds. The zero-order valence-corrected chi connectivity index (χ0v) is 14.9. The van der Waals surface area contributed by atoms with E-state index in [1.54, 1.807) is 11.1 Å². The molecule has 1 heterocycles. The summed E-state index contributed by atoms with van der Waals surface area (Å²) >= 11 is 0. The number of carbonyl (C=O) groups is 1. The van der Waals surface area contributed by atoms with Crippen LogP contribution in [0.3, 0.4) is 0 Å². The van der Waals surface area contributed by atoms with Crippen LogP contribution in [0.2, 0.25) is 0 Å². The average molecular weight is 336 g/mol. The van der Waals surface area contributed by atoms with Gasteiger partial charge in [-0.05, 0) is 42.7 Å². The van der Waals surface area contributed by atoms with Crippen LogP contribution >= 0.6 is 0 Å². The van der Waals surface area contributed by atoms with Gasteiger partial charge in [-0.25, -0.2) is 0 Å². The molecule has 1 aromatic rings. The molecule has 0 spiro atoms. The van der Waals surface area contributed by atoms with Crippen molar-refractivity contribution in [2.24, 2.45) is 10.8 Å². The summed E-state index contributed by atoms with van der Waals surface area (Å²) in [6.45, 7) is 4.59. The van der Waals surface area contributed by atoms with Crippen molar-refractivity contribution in [2.75, 3.05) is 18.6 Å². The molecular formula is C20H24N4O. The fourth-order valence-electron chi connectivity index (χ4n) is 3.06. The third kappa shape index (κ3) is 3.58. The largest absolute Gasteiger partial charge is 0.388 e. The zero-order chi connectivity index (χ0) is 18.4. The van der Waals surface area contributed by atoms with Crippen LogP contribution in [-0.4, -0.2) is 25.8 Å². The highest BCUT2D eigenvalue weighted by Gasteiger charge is 2.39. The van der Waals surface area contributed by atoms with Crippen LogP contribution in [0.25, 0.3) is 0 Å². The highest BCUT2D eigenvalue weighted by Crippen LogP contribution is 2.39. The SMILES string of the molecule is C#C/C=C1\C(=C/CC)C(=O)NCC1(C)c1ccc(N(C)/N=C\N)cc1. The summed E-state index contributed by atoms with van der Waals surface area (Å²) < 4.78 is 0. The van der Waals surface area contributed by atoms with E-state index in [4.69, 9.17) is 12.2 Å². The number of nitrogens with one attached hydrogen (secondary N) is 1. The monoisotopic (exact) mass is 336 g/mol. The normalized spacial score (nSPS) is 23.7. The second-order valence-corrected chi connectivity index (χ2v) is 6.10. The van der Waals surface area contributed by atoms with Crippen LogP contribution in [0.4, 0.5) is 5.69 Å². The van der Waals surface area contributed by atoms with Crippen LogP contribution in [0.1, 0.15) is 25.8 Å². The highest BCUT2D eigenvalue weighted by molar-refractivity contribution is 6.00. The first-order valence-electron chi connectivity index (χ1n) is 8.22. The molecule has 0 radical (unpaired) electrons. The van der Waals surface area contributed by atoms with Crippen molar-refractivity contribution in [1.29, 1.82) is 0 Å². The molecule has 1 aliphatic rings. The van der Waals surface area contributed by atoms with Crippen molar-refractivity contribution in [3.63, 3.8) is 0 Å². The number of nitrogens with zero attached hydrogens (tertiary/aromatic N) is 2. The van der Waals surface area contributed by atoms with E-state index in [1.807, 2.05) is 44.3 Å². The van der Waals surface area contributed by atoms with Gasteiger partial charge in [-0.2, -0.15) is 5.10 Å². The second-order valence-electron chi connectivity index (χ2n) is 6.10. The quantitative estimate of drug-likeness (QED) is 0.291. The summed E-state index contributed by atoms with van der Waals surface area (Å²) in [5.41, 5.74) is 8.47. The minimum atomic E-state index is -0.393. The minimum absolute atomic E-state index is 0.0746. The topological polar surface area (TPSA) is 70.7 Å². The van der Waals surface area contributed by atoms with Gasteiger partial charge in [0.25, 0.3) is 5.91 Å². The molecule has 1 fully saturated rings. The molecule has 1 saturated heterocycles. The maximum atomic E-state index is 12.3. The lowest BCUT2D eigenvalue weighted by atomic mass is 9.70. The lowest BCUT2D eigenvalue weighted by Crippen LogP contribution is -2.47. The van der Waals surface area contributed by atoms with Crippen LogP contribution < -0.4 is 16.1 Å². The van der Waals surface area contributed by atoms with E-state index in [0.29, 0.717) is 12.1 Å². The lowest BCUT2D eigenvalue weighted by molar-refractivity contribution is -0.118. The molecule has 5 heteroatoms. The van der Waals surface area contributed by atoms with Gasteiger partial charge in [0.1, 0.15) is 6.34 Å². The predicted molar refractivity (Wildman–Crippen MR) is 103 cm³/mol. The summed E-state index contributed by atoms with van der Waals surface area (Å²) in [5, 5.41) is 8.70. The van der Waals surface area contributed by atoms with Gasteiger partial charge < -0.3 is 11.1 Å². The third-order valence-corrected chi connectivity index (χ3v) is 4.49. The van der Waals surface area contributed by atoms with E-state index >= 15 is 0 Å². The van der Waals surface area contributed by atoms with Crippen molar-refractivity contribution in [3.8, 4) is 12.3 Å². The lowest BCUT2D eigenvalue weighted by Gasteiger charge is -2.38. The molecule has 1 atom stereocenters. The van der Waals surface area contributed by atoms with Gasteiger partial charge in [-0.3, -0.25) is 9.80 Å². The van der Waals surface area contributed by atoms with Gasteiger partial charge in [0.2, 0.25) is 0 Å². The summed E-state index contributed by atoms with van der Waals surface area (Å²) in [5.74, 6) is 2.52. The molecule has 5 nitrogen and oxygen atoms in total. The van der Waals surface area contributed by atoms with E-state index in [-0.39, 0.29) is 5.91 Å². The molecule has 130 valence electrons. The molecule has 25 heavy (non-hydrogen) atoms. The molecular weight excluding hydrogens is 312 g/mol. The molecule has 0 aliphatic carbocycles. The van der Waals surface area contributed by atoms with Gasteiger partial charge in [0.05, 0.1) is 5.69 Å². The van der Waals surface area contributed by atoms with E-state index in [0.717, 1.165) is 23.2 Å². The number of carbonyl (C=O) groups excluding carboxylic acids is 1. The van der Waals surface area contributed by atoms with Crippen LogP contribution in [0.15, 0.2) is 52.7 Å². The summed E-state index contributed by atoms with van der Waals surface area (Å²) in [4.78, 5) is 12.3. The Kier molecular flexibility index (Phi) is 5.66. The number of allylic oxidation sites excluding steroid dienone is 2. The Balaban J connectivity index is 2.48. The summed E-state index contributed by atoms with van der Waals surface area (Å²) in [6.07, 6.45) is 11.2. The first kappa shape index (κ1) is 18.3. The Morgan fingerprint density at radius 3 is 2.68 bits per heavy atom. The smallest absolute Gasteiger partial charge is 0.251 e.